The van der Waals surface area contributed by atoms with Crippen LogP contribution >= 0.6 is 23.2 Å². The third kappa shape index (κ3) is 4.44. The van der Waals surface area contributed by atoms with Crippen molar-refractivity contribution >= 4 is 40.6 Å². The number of carbonyl (C=O) groups is 1. The van der Waals surface area contributed by atoms with Crippen molar-refractivity contribution in [2.24, 2.45) is 0 Å². The number of rotatable bonds is 5. The van der Waals surface area contributed by atoms with E-state index in [1.54, 1.807) is 36.4 Å². The highest BCUT2D eigenvalue weighted by Gasteiger charge is 2.07. The van der Waals surface area contributed by atoms with Gasteiger partial charge in [0.1, 0.15) is 0 Å². The van der Waals surface area contributed by atoms with Crippen molar-refractivity contribution in [2.45, 2.75) is 0 Å². The lowest BCUT2D eigenvalue weighted by molar-refractivity contribution is 0.0952. The van der Waals surface area contributed by atoms with Gasteiger partial charge in [0, 0.05) is 22.3 Å². The smallest absolute Gasteiger partial charge is 0.272 e. The molecule has 0 spiro atoms. The van der Waals surface area contributed by atoms with Crippen LogP contribution in [0.3, 0.4) is 0 Å². The van der Waals surface area contributed by atoms with E-state index in [9.17, 15) is 4.79 Å². The second-order valence-electron chi connectivity index (χ2n) is 4.09. The number of amides is 1. The van der Waals surface area contributed by atoms with Crippen molar-refractivity contribution in [1.82, 2.24) is 15.5 Å². The van der Waals surface area contributed by atoms with Crippen LogP contribution in [0.2, 0.25) is 10.0 Å². The zero-order valence-corrected chi connectivity index (χ0v) is 12.4. The van der Waals surface area contributed by atoms with Crippen molar-refractivity contribution in [3.05, 3.63) is 58.7 Å². The molecule has 108 valence electrons. The summed E-state index contributed by atoms with van der Waals surface area (Å²) in [7, 11) is 0. The topological polar surface area (TPSA) is 66.9 Å². The lowest BCUT2D eigenvalue weighted by Gasteiger charge is -2.07. The molecule has 5 nitrogen and oxygen atoms in total. The second kappa shape index (κ2) is 7.06. The van der Waals surface area contributed by atoms with Gasteiger partial charge in [-0.25, -0.2) is 0 Å². The molecule has 1 aromatic carbocycles. The molecule has 2 aromatic rings. The molecule has 0 radical (unpaired) electrons. The lowest BCUT2D eigenvalue weighted by atomic mass is 10.3. The number of anilines is 2. The summed E-state index contributed by atoms with van der Waals surface area (Å²) in [5.74, 6) is 0.174. The average molecular weight is 323 g/mol. The predicted molar refractivity (Wildman–Crippen MR) is 84.3 cm³/mol. The fourth-order valence-corrected chi connectivity index (χ4v) is 2.08. The number of nitrogens with one attached hydrogen (secondary N) is 2. The van der Waals surface area contributed by atoms with E-state index in [1.807, 2.05) is 0 Å². The predicted octanol–water partition coefficient (Wildman–Crippen LogP) is 3.44. The van der Waals surface area contributed by atoms with Gasteiger partial charge in [0.2, 0.25) is 0 Å². The Morgan fingerprint density at radius 2 is 1.90 bits per heavy atom. The zero-order chi connectivity index (χ0) is 15.2. The largest absolute Gasteiger partial charge is 0.347 e. The Bertz CT molecular complexity index is 638. The van der Waals surface area contributed by atoms with E-state index in [0.717, 1.165) is 0 Å². The Morgan fingerprint density at radius 3 is 2.48 bits per heavy atom. The molecule has 2 N–H and O–H groups in total. The molecule has 0 atom stereocenters. The number of benzene rings is 1. The van der Waals surface area contributed by atoms with Gasteiger partial charge >= 0.3 is 0 Å². The highest BCUT2D eigenvalue weighted by Crippen LogP contribution is 2.24. The van der Waals surface area contributed by atoms with Crippen LogP contribution in [0.25, 0.3) is 0 Å². The van der Waals surface area contributed by atoms with Crippen molar-refractivity contribution in [3.63, 3.8) is 0 Å². The number of aromatic nitrogens is 2. The molecule has 1 aromatic heterocycles. The number of hydrogen-bond donors (Lipinski definition) is 2. The molecule has 0 bridgehead atoms. The Hall–Kier alpha value is -2.11. The normalized spacial score (nSPS) is 10.0. The molecule has 2 rings (SSSR count). The van der Waals surface area contributed by atoms with Crippen LogP contribution < -0.4 is 10.6 Å². The third-order valence-corrected chi connectivity index (χ3v) is 2.88. The van der Waals surface area contributed by atoms with Gasteiger partial charge in [0.15, 0.2) is 11.5 Å². The zero-order valence-electron chi connectivity index (χ0n) is 10.9. The monoisotopic (exact) mass is 322 g/mol. The summed E-state index contributed by atoms with van der Waals surface area (Å²) in [4.78, 5) is 11.6. The summed E-state index contributed by atoms with van der Waals surface area (Å²) >= 11 is 11.8. The first kappa shape index (κ1) is 15.3. The first-order valence-electron chi connectivity index (χ1n) is 6.04. The first-order chi connectivity index (χ1) is 10.1. The highest BCUT2D eigenvalue weighted by atomic mass is 35.5. The minimum absolute atomic E-state index is 0.228. The summed E-state index contributed by atoms with van der Waals surface area (Å²) < 4.78 is 0. The second-order valence-corrected chi connectivity index (χ2v) is 4.96. The minimum Gasteiger partial charge on any atom is -0.347 e. The van der Waals surface area contributed by atoms with Gasteiger partial charge in [0.25, 0.3) is 5.91 Å². The van der Waals surface area contributed by atoms with Crippen LogP contribution in [0.4, 0.5) is 11.5 Å². The van der Waals surface area contributed by atoms with E-state index in [-0.39, 0.29) is 11.6 Å². The average Bonchev–Trinajstić information content (AvgIpc) is 2.44. The van der Waals surface area contributed by atoms with Crippen LogP contribution in [-0.2, 0) is 0 Å². The van der Waals surface area contributed by atoms with E-state index in [2.05, 4.69) is 27.4 Å². The van der Waals surface area contributed by atoms with Gasteiger partial charge in [-0.1, -0.05) is 29.3 Å². The lowest BCUT2D eigenvalue weighted by Crippen LogP contribution is -2.24. The maximum atomic E-state index is 11.6. The van der Waals surface area contributed by atoms with E-state index in [4.69, 9.17) is 23.2 Å². The van der Waals surface area contributed by atoms with Gasteiger partial charge in [-0.2, -0.15) is 0 Å². The molecule has 21 heavy (non-hydrogen) atoms. The van der Waals surface area contributed by atoms with Crippen molar-refractivity contribution in [1.29, 1.82) is 0 Å². The van der Waals surface area contributed by atoms with Crippen LogP contribution in [0.5, 0.6) is 0 Å². The molecule has 1 heterocycles. The van der Waals surface area contributed by atoms with E-state index >= 15 is 0 Å². The van der Waals surface area contributed by atoms with Gasteiger partial charge in [-0.05, 0) is 30.3 Å². The molecule has 0 aliphatic rings. The fourth-order valence-electron chi connectivity index (χ4n) is 1.55. The molecule has 0 aliphatic carbocycles. The van der Waals surface area contributed by atoms with Crippen LogP contribution in [0, 0.1) is 0 Å². The standard InChI is InChI=1S/C14H12Cl2N4O/c1-2-5-17-14(21)12-3-4-13(20-19-12)18-11-7-9(15)6-10(16)8-11/h2-4,6-8H,1,5H2,(H,17,21)(H,18,20). The van der Waals surface area contributed by atoms with Gasteiger partial charge in [-0.15, -0.1) is 16.8 Å². The Kier molecular flexibility index (Phi) is 5.14. The fraction of sp³-hybridized carbons (Fsp3) is 0.0714. The first-order valence-corrected chi connectivity index (χ1v) is 6.80. The summed E-state index contributed by atoms with van der Waals surface area (Å²) in [6, 6.07) is 8.26. The molecule has 0 aliphatic heterocycles. The van der Waals surface area contributed by atoms with Gasteiger partial charge in [-0.3, -0.25) is 4.79 Å². The molecular formula is C14H12Cl2N4O. The Balaban J connectivity index is 2.08. The Morgan fingerprint density at radius 1 is 1.19 bits per heavy atom. The Labute approximate surface area is 132 Å². The van der Waals surface area contributed by atoms with Crippen LogP contribution in [0.1, 0.15) is 10.5 Å². The van der Waals surface area contributed by atoms with E-state index in [1.165, 1.54) is 0 Å². The number of hydrogen-bond acceptors (Lipinski definition) is 4. The number of carbonyl (C=O) groups excluding carboxylic acids is 1. The van der Waals surface area contributed by atoms with Crippen molar-refractivity contribution in [2.75, 3.05) is 11.9 Å². The van der Waals surface area contributed by atoms with Crippen LogP contribution in [0.15, 0.2) is 43.0 Å². The van der Waals surface area contributed by atoms with Gasteiger partial charge < -0.3 is 10.6 Å². The van der Waals surface area contributed by atoms with E-state index < -0.39 is 0 Å². The quantitative estimate of drug-likeness (QED) is 0.827. The summed E-state index contributed by atoms with van der Waals surface area (Å²) in [6.45, 7) is 3.90. The van der Waals surface area contributed by atoms with Gasteiger partial charge in [0.05, 0.1) is 0 Å². The molecule has 1 amide bonds. The molecule has 0 fully saturated rings. The maximum Gasteiger partial charge on any atom is 0.272 e. The number of nitrogens with zero attached hydrogens (tertiary/aromatic N) is 2. The molecule has 7 heteroatoms. The highest BCUT2D eigenvalue weighted by molar-refractivity contribution is 6.35. The van der Waals surface area contributed by atoms with Crippen molar-refractivity contribution < 1.29 is 4.79 Å². The molecule has 0 saturated heterocycles. The van der Waals surface area contributed by atoms with Crippen LogP contribution in [-0.4, -0.2) is 22.6 Å². The molecule has 0 unspecified atom stereocenters. The molecular weight excluding hydrogens is 311 g/mol. The minimum atomic E-state index is -0.306. The van der Waals surface area contributed by atoms with E-state index in [0.29, 0.717) is 28.1 Å². The summed E-state index contributed by atoms with van der Waals surface area (Å²) in [5, 5.41) is 14.4. The SMILES string of the molecule is C=CCNC(=O)c1ccc(Nc2cc(Cl)cc(Cl)c2)nn1. The van der Waals surface area contributed by atoms with Crippen molar-refractivity contribution in [3.8, 4) is 0 Å². The third-order valence-electron chi connectivity index (χ3n) is 2.44. The maximum absolute atomic E-state index is 11.6. The number of halogens is 2. The summed E-state index contributed by atoms with van der Waals surface area (Å²) in [5.41, 5.74) is 0.914. The summed E-state index contributed by atoms with van der Waals surface area (Å²) in [6.07, 6.45) is 1.59. The molecule has 0 saturated carbocycles.